The summed E-state index contributed by atoms with van der Waals surface area (Å²) in [6.07, 6.45) is 15.0. The van der Waals surface area contributed by atoms with Crippen LogP contribution < -0.4 is 0 Å². The molecule has 222 valence electrons. The third-order valence-corrected chi connectivity index (χ3v) is 8.97. The van der Waals surface area contributed by atoms with E-state index < -0.39 is 0 Å². The quantitative estimate of drug-likeness (QED) is 0.119. The van der Waals surface area contributed by atoms with Crippen LogP contribution >= 0.6 is 11.6 Å². The Morgan fingerprint density at radius 3 is 2.05 bits per heavy atom. The first kappa shape index (κ1) is 33.6. The van der Waals surface area contributed by atoms with Crippen LogP contribution in [0.1, 0.15) is 129 Å². The van der Waals surface area contributed by atoms with E-state index >= 15 is 0 Å². The monoisotopic (exact) mass is 562 g/mol. The van der Waals surface area contributed by atoms with Gasteiger partial charge in [-0.25, -0.2) is 9.78 Å². The average molecular weight is 563 g/mol. The van der Waals surface area contributed by atoms with Gasteiger partial charge in [0.1, 0.15) is 5.65 Å². The summed E-state index contributed by atoms with van der Waals surface area (Å²) in [6, 6.07) is 3.59. The number of ether oxygens (including phenoxy) is 2. The van der Waals surface area contributed by atoms with Crippen molar-refractivity contribution in [3.05, 3.63) is 34.7 Å². The highest BCUT2D eigenvalue weighted by atomic mass is 35.5. The van der Waals surface area contributed by atoms with E-state index in [9.17, 15) is 4.79 Å². The summed E-state index contributed by atoms with van der Waals surface area (Å²) in [5, 5.41) is 0.601. The van der Waals surface area contributed by atoms with Crippen LogP contribution in [0.4, 0.5) is 0 Å². The Bertz CT molecular complexity index is 961. The number of imidazole rings is 1. The Labute approximate surface area is 243 Å². The van der Waals surface area contributed by atoms with Crippen LogP contribution in [0.3, 0.4) is 0 Å². The summed E-state index contributed by atoms with van der Waals surface area (Å²) in [4.78, 5) is 16.9. The molecule has 0 fully saturated rings. The van der Waals surface area contributed by atoms with Crippen molar-refractivity contribution < 1.29 is 14.3 Å². The van der Waals surface area contributed by atoms with Gasteiger partial charge in [0.15, 0.2) is 5.69 Å². The van der Waals surface area contributed by atoms with Gasteiger partial charge in [0.2, 0.25) is 0 Å². The number of aryl methyl sites for hydroxylation is 1. The molecule has 0 bridgehead atoms. The number of pyridine rings is 1. The zero-order valence-corrected chi connectivity index (χ0v) is 26.6. The number of nitrogens with zero attached hydrogens (tertiary/aromatic N) is 2. The summed E-state index contributed by atoms with van der Waals surface area (Å²) in [7, 11) is 0. The molecule has 0 saturated heterocycles. The van der Waals surface area contributed by atoms with Crippen molar-refractivity contribution in [3.8, 4) is 0 Å². The summed E-state index contributed by atoms with van der Waals surface area (Å²) in [6.45, 7) is 18.2. The Hall–Kier alpha value is -1.59. The van der Waals surface area contributed by atoms with Crippen LogP contribution in [0.15, 0.2) is 18.3 Å². The van der Waals surface area contributed by atoms with Crippen molar-refractivity contribution in [1.82, 2.24) is 9.38 Å². The molecule has 5 nitrogen and oxygen atoms in total. The third-order valence-electron chi connectivity index (χ3n) is 8.73. The number of carbonyl (C=O) groups is 1. The molecule has 0 N–H and O–H groups in total. The van der Waals surface area contributed by atoms with Crippen molar-refractivity contribution in [3.63, 3.8) is 0 Å². The van der Waals surface area contributed by atoms with Gasteiger partial charge in [-0.1, -0.05) is 91.7 Å². The fourth-order valence-corrected chi connectivity index (χ4v) is 6.81. The summed E-state index contributed by atoms with van der Waals surface area (Å²) in [5.41, 5.74) is 2.41. The van der Waals surface area contributed by atoms with Gasteiger partial charge in [-0.05, 0) is 68.3 Å². The third kappa shape index (κ3) is 9.78. The molecule has 0 atom stereocenters. The summed E-state index contributed by atoms with van der Waals surface area (Å²) < 4.78 is 13.0. The predicted octanol–water partition coefficient (Wildman–Crippen LogP) is 9.58. The lowest BCUT2D eigenvalue weighted by atomic mass is 9.60. The summed E-state index contributed by atoms with van der Waals surface area (Å²) in [5.74, 6) is 1.85. The van der Waals surface area contributed by atoms with E-state index in [2.05, 4.69) is 46.5 Å². The summed E-state index contributed by atoms with van der Waals surface area (Å²) >= 11 is 6.11. The minimum Gasteiger partial charge on any atom is -0.461 e. The number of hydrogen-bond donors (Lipinski definition) is 0. The van der Waals surface area contributed by atoms with Crippen LogP contribution in [0.5, 0.6) is 0 Å². The lowest BCUT2D eigenvalue weighted by molar-refractivity contribution is 0.0356. The minimum atomic E-state index is -0.377. The Balaban J connectivity index is 1.58. The number of fused-ring (bicyclic) bond motifs is 1. The molecule has 0 amide bonds. The molecule has 0 aliphatic carbocycles. The van der Waals surface area contributed by atoms with Crippen molar-refractivity contribution in [1.29, 1.82) is 0 Å². The van der Waals surface area contributed by atoms with Gasteiger partial charge in [0.25, 0.3) is 0 Å². The SMILES string of the molecule is CCOC(=O)c1nc2cc(Cl)ccn2c1CCCCOCCCCCCCCCC(C(C)C)(C(C)C)C(C)C. The van der Waals surface area contributed by atoms with Gasteiger partial charge < -0.3 is 13.9 Å². The molecule has 0 aromatic carbocycles. The first-order valence-corrected chi connectivity index (χ1v) is 15.9. The van der Waals surface area contributed by atoms with E-state index in [0.717, 1.165) is 62.3 Å². The molecule has 0 saturated carbocycles. The number of esters is 1. The van der Waals surface area contributed by atoms with Crippen molar-refractivity contribution in [2.75, 3.05) is 19.8 Å². The van der Waals surface area contributed by atoms with E-state index in [4.69, 9.17) is 21.1 Å². The maximum atomic E-state index is 12.4. The topological polar surface area (TPSA) is 52.8 Å². The van der Waals surface area contributed by atoms with Gasteiger partial charge in [0, 0.05) is 30.5 Å². The number of aromatic nitrogens is 2. The lowest BCUT2D eigenvalue weighted by Gasteiger charge is -2.45. The highest BCUT2D eigenvalue weighted by Gasteiger charge is 2.39. The van der Waals surface area contributed by atoms with E-state index in [1.807, 2.05) is 16.7 Å². The smallest absolute Gasteiger partial charge is 0.358 e. The largest absolute Gasteiger partial charge is 0.461 e. The Morgan fingerprint density at radius 1 is 0.897 bits per heavy atom. The minimum absolute atomic E-state index is 0.330. The van der Waals surface area contributed by atoms with Gasteiger partial charge in [0.05, 0.1) is 12.3 Å². The van der Waals surface area contributed by atoms with E-state index in [1.165, 1.54) is 44.9 Å². The maximum Gasteiger partial charge on any atom is 0.358 e. The molecule has 2 aromatic rings. The average Bonchev–Trinajstić information content (AvgIpc) is 3.23. The van der Waals surface area contributed by atoms with Crippen molar-refractivity contribution in [2.45, 2.75) is 119 Å². The van der Waals surface area contributed by atoms with Gasteiger partial charge in [-0.15, -0.1) is 0 Å². The molecule has 0 aliphatic rings. The standard InChI is InChI=1S/C33H55ClN2O3/c1-8-39-32(37)31-29(36-21-19-28(34)24-30(36)35-31)18-14-17-23-38-22-16-13-11-9-10-12-15-20-33(25(2)3,26(4)5)27(6)7/h19,21,24-27H,8-18,20,22-23H2,1-7H3. The fraction of sp³-hybridized carbons (Fsp3) is 0.758. The number of rotatable bonds is 20. The van der Waals surface area contributed by atoms with Gasteiger partial charge in [-0.2, -0.15) is 0 Å². The molecule has 2 rings (SSSR count). The fourth-order valence-electron chi connectivity index (χ4n) is 6.66. The molecule has 39 heavy (non-hydrogen) atoms. The molecular weight excluding hydrogens is 508 g/mol. The molecule has 0 radical (unpaired) electrons. The van der Waals surface area contributed by atoms with Crippen molar-refractivity contribution in [2.24, 2.45) is 23.2 Å². The number of hydrogen-bond acceptors (Lipinski definition) is 4. The zero-order valence-electron chi connectivity index (χ0n) is 25.9. The second-order valence-corrected chi connectivity index (χ2v) is 12.5. The molecule has 0 spiro atoms. The molecular formula is C33H55ClN2O3. The molecule has 0 unspecified atom stereocenters. The zero-order chi connectivity index (χ0) is 28.8. The normalized spacial score (nSPS) is 12.4. The van der Waals surface area contributed by atoms with Gasteiger partial charge in [-0.3, -0.25) is 0 Å². The highest BCUT2D eigenvalue weighted by Crippen LogP contribution is 2.47. The van der Waals surface area contributed by atoms with E-state index in [-0.39, 0.29) is 5.97 Å². The first-order chi connectivity index (χ1) is 18.6. The van der Waals surface area contributed by atoms with Crippen LogP contribution in [0.25, 0.3) is 5.65 Å². The van der Waals surface area contributed by atoms with E-state index in [0.29, 0.717) is 28.4 Å². The van der Waals surface area contributed by atoms with E-state index in [1.54, 1.807) is 13.0 Å². The molecule has 0 aliphatic heterocycles. The molecule has 2 heterocycles. The predicted molar refractivity (Wildman–Crippen MR) is 164 cm³/mol. The highest BCUT2D eigenvalue weighted by molar-refractivity contribution is 6.30. The lowest BCUT2D eigenvalue weighted by Crippen LogP contribution is -2.38. The van der Waals surface area contributed by atoms with Crippen LogP contribution in [0, 0.1) is 23.2 Å². The second kappa shape index (κ2) is 17.3. The Kier molecular flexibility index (Phi) is 14.9. The number of unbranched alkanes of at least 4 members (excludes halogenated alkanes) is 7. The van der Waals surface area contributed by atoms with Crippen LogP contribution in [0.2, 0.25) is 5.02 Å². The second-order valence-electron chi connectivity index (χ2n) is 12.1. The number of carbonyl (C=O) groups excluding carboxylic acids is 1. The van der Waals surface area contributed by atoms with Gasteiger partial charge >= 0.3 is 5.97 Å². The molecule has 6 heteroatoms. The Morgan fingerprint density at radius 2 is 1.46 bits per heavy atom. The van der Waals surface area contributed by atoms with Crippen LogP contribution in [-0.4, -0.2) is 35.2 Å². The van der Waals surface area contributed by atoms with Crippen molar-refractivity contribution >= 4 is 23.2 Å². The molecule has 2 aromatic heterocycles. The van der Waals surface area contributed by atoms with Crippen LogP contribution in [-0.2, 0) is 15.9 Å². The number of halogens is 1. The first-order valence-electron chi connectivity index (χ1n) is 15.6. The maximum absolute atomic E-state index is 12.4.